The molecule has 12 heteroatoms. The number of hydrogen-bond donors (Lipinski definition) is 1. The predicted molar refractivity (Wildman–Crippen MR) is 149 cm³/mol. The lowest BCUT2D eigenvalue weighted by atomic mass is 9.93. The minimum Gasteiger partial charge on any atom is -0.465 e. The van der Waals surface area contributed by atoms with E-state index in [9.17, 15) is 18.7 Å². The lowest BCUT2D eigenvalue weighted by Crippen LogP contribution is -2.57. The first-order valence-electron chi connectivity index (χ1n) is 13.0. The van der Waals surface area contributed by atoms with E-state index in [-0.39, 0.29) is 41.6 Å². The van der Waals surface area contributed by atoms with Crippen LogP contribution in [0.3, 0.4) is 0 Å². The van der Waals surface area contributed by atoms with Crippen molar-refractivity contribution in [3.63, 3.8) is 0 Å². The van der Waals surface area contributed by atoms with Crippen molar-refractivity contribution in [3.05, 3.63) is 82.9 Å². The molecule has 4 aromatic rings. The molecule has 0 spiro atoms. The number of rotatable bonds is 7. The average molecular weight is 570 g/mol. The molecule has 1 amide bonds. The summed E-state index contributed by atoms with van der Waals surface area (Å²) in [5.41, 5.74) is 2.95. The van der Waals surface area contributed by atoms with Crippen LogP contribution in [-0.2, 0) is 6.54 Å². The molecule has 1 saturated heterocycles. The van der Waals surface area contributed by atoms with Gasteiger partial charge in [0.2, 0.25) is 5.28 Å². The van der Waals surface area contributed by atoms with Gasteiger partial charge in [0.05, 0.1) is 12.4 Å². The first-order valence-corrected chi connectivity index (χ1v) is 13.4. The first-order chi connectivity index (χ1) is 19.1. The Morgan fingerprint density at radius 1 is 1.02 bits per heavy atom. The first kappa shape index (κ1) is 27.7. The zero-order valence-corrected chi connectivity index (χ0v) is 23.1. The highest BCUT2D eigenvalue weighted by Crippen LogP contribution is 2.36. The Balaban J connectivity index is 1.45. The molecule has 0 aliphatic carbocycles. The van der Waals surface area contributed by atoms with Crippen LogP contribution in [0, 0.1) is 11.6 Å². The van der Waals surface area contributed by atoms with Crippen molar-refractivity contribution in [3.8, 4) is 0 Å². The Bertz CT molecular complexity index is 1450. The van der Waals surface area contributed by atoms with E-state index in [0.29, 0.717) is 36.6 Å². The fourth-order valence-corrected chi connectivity index (χ4v) is 5.45. The Hall–Kier alpha value is -3.83. The third-order valence-corrected chi connectivity index (χ3v) is 7.60. The van der Waals surface area contributed by atoms with Gasteiger partial charge in [0.1, 0.15) is 11.6 Å². The molecule has 0 saturated carbocycles. The minimum absolute atomic E-state index is 0.0166. The molecule has 40 heavy (non-hydrogen) atoms. The van der Waals surface area contributed by atoms with Crippen LogP contribution < -0.4 is 4.90 Å². The van der Waals surface area contributed by atoms with Gasteiger partial charge >= 0.3 is 6.09 Å². The van der Waals surface area contributed by atoms with Crippen molar-refractivity contribution >= 4 is 34.7 Å². The molecule has 0 bridgehead atoms. The number of halogens is 3. The van der Waals surface area contributed by atoms with E-state index in [1.165, 1.54) is 36.2 Å². The summed E-state index contributed by atoms with van der Waals surface area (Å²) >= 11 is 6.37. The minimum atomic E-state index is -1.02. The zero-order chi connectivity index (χ0) is 28.6. The summed E-state index contributed by atoms with van der Waals surface area (Å²) in [5.74, 6) is -0.0162. The number of aromatic nitrogens is 4. The van der Waals surface area contributed by atoms with E-state index in [1.54, 1.807) is 35.2 Å². The van der Waals surface area contributed by atoms with E-state index < -0.39 is 6.09 Å². The molecule has 1 aliphatic heterocycles. The number of imidazole rings is 1. The summed E-state index contributed by atoms with van der Waals surface area (Å²) in [6, 6.07) is 12.7. The van der Waals surface area contributed by atoms with Crippen molar-refractivity contribution in [1.29, 1.82) is 0 Å². The zero-order valence-electron chi connectivity index (χ0n) is 22.4. The number of amides is 1. The molecule has 2 atom stereocenters. The highest BCUT2D eigenvalue weighted by molar-refractivity contribution is 6.28. The van der Waals surface area contributed by atoms with Crippen LogP contribution in [0.15, 0.2) is 54.9 Å². The van der Waals surface area contributed by atoms with Gasteiger partial charge in [-0.05, 0) is 60.8 Å². The van der Waals surface area contributed by atoms with Crippen molar-refractivity contribution < 1.29 is 18.7 Å². The summed E-state index contributed by atoms with van der Waals surface area (Å²) in [6.45, 7) is 6.05. The number of fused-ring (bicyclic) bond motifs is 1. The Morgan fingerprint density at radius 3 is 2.20 bits per heavy atom. The fourth-order valence-electron chi connectivity index (χ4n) is 5.29. The molecule has 3 heterocycles. The van der Waals surface area contributed by atoms with Crippen LogP contribution in [-0.4, -0.2) is 79.3 Å². The van der Waals surface area contributed by atoms with Gasteiger partial charge in [-0.1, -0.05) is 24.3 Å². The van der Waals surface area contributed by atoms with Crippen molar-refractivity contribution in [2.45, 2.75) is 38.5 Å². The molecule has 1 aliphatic rings. The molecule has 1 N–H and O–H groups in total. The molecule has 0 unspecified atom stereocenters. The fraction of sp³-hybridized carbons (Fsp3) is 0.357. The molecular weight excluding hydrogens is 540 g/mol. The topological polar surface area (TPSA) is 90.6 Å². The highest BCUT2D eigenvalue weighted by Gasteiger charge is 2.36. The maximum absolute atomic E-state index is 13.8. The second-order valence-electron chi connectivity index (χ2n) is 10.2. The van der Waals surface area contributed by atoms with Gasteiger partial charge in [-0.3, -0.25) is 4.90 Å². The Morgan fingerprint density at radius 2 is 1.62 bits per heavy atom. The van der Waals surface area contributed by atoms with Crippen LogP contribution in [0.1, 0.15) is 31.0 Å². The molecule has 9 nitrogen and oxygen atoms in total. The number of benzene rings is 2. The SMILES string of the molecule is C[C@@H]1CN(c2nc(Cl)nc3c2ncn3CCN(C)C(=O)O)[C@@H](C)CN1C(c1ccc(F)cc1)c1ccc(F)cc1. The summed E-state index contributed by atoms with van der Waals surface area (Å²) in [7, 11) is 1.50. The predicted octanol–water partition coefficient (Wildman–Crippen LogP) is 5.06. The second kappa shape index (κ2) is 11.3. The number of carbonyl (C=O) groups is 1. The monoisotopic (exact) mass is 569 g/mol. The number of anilines is 1. The van der Waals surface area contributed by atoms with Crippen LogP contribution in [0.4, 0.5) is 19.4 Å². The van der Waals surface area contributed by atoms with Gasteiger partial charge in [0, 0.05) is 45.3 Å². The van der Waals surface area contributed by atoms with Gasteiger partial charge in [-0.25, -0.2) is 18.6 Å². The molecule has 5 rings (SSSR count). The van der Waals surface area contributed by atoms with E-state index in [0.717, 1.165) is 11.1 Å². The molecule has 1 fully saturated rings. The molecule has 210 valence electrons. The normalized spacial score (nSPS) is 18.0. The van der Waals surface area contributed by atoms with E-state index in [2.05, 4.69) is 38.6 Å². The lowest BCUT2D eigenvalue weighted by molar-refractivity contribution is 0.129. The summed E-state index contributed by atoms with van der Waals surface area (Å²) in [4.78, 5) is 30.4. The Labute approximate surface area is 235 Å². The maximum Gasteiger partial charge on any atom is 0.407 e. The number of hydrogen-bond acceptors (Lipinski definition) is 6. The smallest absolute Gasteiger partial charge is 0.407 e. The van der Waals surface area contributed by atoms with Crippen LogP contribution >= 0.6 is 11.6 Å². The van der Waals surface area contributed by atoms with E-state index in [4.69, 9.17) is 11.6 Å². The van der Waals surface area contributed by atoms with Gasteiger partial charge in [0.25, 0.3) is 0 Å². The molecule has 2 aromatic heterocycles. The number of carboxylic acid groups (broad SMARTS) is 1. The van der Waals surface area contributed by atoms with Gasteiger partial charge in [0.15, 0.2) is 17.0 Å². The summed E-state index contributed by atoms with van der Waals surface area (Å²) in [6.07, 6.45) is 0.608. The maximum atomic E-state index is 13.8. The average Bonchev–Trinajstić information content (AvgIpc) is 3.33. The lowest BCUT2D eigenvalue weighted by Gasteiger charge is -2.48. The highest BCUT2D eigenvalue weighted by atomic mass is 35.5. The second-order valence-corrected chi connectivity index (χ2v) is 10.5. The van der Waals surface area contributed by atoms with E-state index >= 15 is 0 Å². The van der Waals surface area contributed by atoms with Crippen molar-refractivity contribution in [1.82, 2.24) is 29.3 Å². The number of likely N-dealkylation sites (N-methyl/N-ethyl adjacent to an activating group) is 1. The van der Waals surface area contributed by atoms with E-state index in [1.807, 2.05) is 0 Å². The number of piperazine rings is 1. The largest absolute Gasteiger partial charge is 0.465 e. The molecule has 0 radical (unpaired) electrons. The quantitative estimate of drug-likeness (QED) is 0.311. The van der Waals surface area contributed by atoms with Gasteiger partial charge < -0.3 is 19.5 Å². The molecular formula is C28H30ClF2N7O2. The third-order valence-electron chi connectivity index (χ3n) is 7.43. The van der Waals surface area contributed by atoms with Crippen LogP contribution in [0.5, 0.6) is 0 Å². The Kier molecular flexibility index (Phi) is 7.86. The van der Waals surface area contributed by atoms with Crippen molar-refractivity contribution in [2.75, 3.05) is 31.6 Å². The van der Waals surface area contributed by atoms with Gasteiger partial charge in [-0.15, -0.1) is 0 Å². The van der Waals surface area contributed by atoms with Crippen LogP contribution in [0.2, 0.25) is 5.28 Å². The van der Waals surface area contributed by atoms with Crippen molar-refractivity contribution in [2.24, 2.45) is 0 Å². The summed E-state index contributed by atoms with van der Waals surface area (Å²) < 4.78 is 29.3. The molecule has 2 aromatic carbocycles. The summed E-state index contributed by atoms with van der Waals surface area (Å²) in [5, 5.41) is 9.25. The van der Waals surface area contributed by atoms with Crippen LogP contribution in [0.25, 0.3) is 11.2 Å². The number of nitrogens with zero attached hydrogens (tertiary/aromatic N) is 7. The standard InChI is InChI=1S/C28H30ClF2N7O2/c1-17-15-38(26-23-25(33-27(29)34-26)36(16-32-23)13-12-35(3)28(39)40)18(2)14-37(17)24(19-4-8-21(30)9-5-19)20-6-10-22(31)11-7-20/h4-11,16-18,24H,12-15H2,1-3H3,(H,39,40)/t17-,18+/m1/s1. The van der Waals surface area contributed by atoms with Gasteiger partial charge in [-0.2, -0.15) is 9.97 Å². The third kappa shape index (κ3) is 5.57.